The van der Waals surface area contributed by atoms with Gasteiger partial charge in [0.05, 0.1) is 0 Å². The second-order valence-corrected chi connectivity index (χ2v) is 5.45. The molecule has 1 heterocycles. The summed E-state index contributed by atoms with van der Waals surface area (Å²) in [4.78, 5) is 0. The molecule has 9 heteroatoms. The van der Waals surface area contributed by atoms with Crippen LogP contribution in [0.15, 0.2) is 0 Å². The molecule has 2 rings (SSSR count). The topological polar surface area (TPSA) is 9.23 Å². The molecule has 16 heavy (non-hydrogen) atoms. The molecule has 0 spiro atoms. The van der Waals surface area contributed by atoms with E-state index >= 15 is 0 Å². The minimum absolute atomic E-state index is 1.49. The number of fused-ring (bicyclic) bond motifs is 1. The zero-order valence-corrected chi connectivity index (χ0v) is 9.09. The Morgan fingerprint density at radius 2 is 1.38 bits per heavy atom. The molecule has 0 saturated carbocycles. The van der Waals surface area contributed by atoms with Gasteiger partial charge in [0.25, 0.3) is 0 Å². The fourth-order valence-corrected chi connectivity index (χ4v) is 3.67. The van der Waals surface area contributed by atoms with Crippen molar-refractivity contribution in [1.82, 2.24) is 0 Å². The molecule has 0 N–H and O–H groups in total. The van der Waals surface area contributed by atoms with Crippen molar-refractivity contribution in [2.45, 2.75) is 6.11 Å². The van der Waals surface area contributed by atoms with Crippen LogP contribution in [0.25, 0.3) is 0 Å². The Kier molecular flexibility index (Phi) is 2.57. The van der Waals surface area contributed by atoms with Crippen molar-refractivity contribution in [3.8, 4) is 0 Å². The molecule has 1 aromatic carbocycles. The van der Waals surface area contributed by atoms with Crippen molar-refractivity contribution in [2.75, 3.05) is 0 Å². The van der Waals surface area contributed by atoms with Crippen molar-refractivity contribution in [1.29, 1.82) is 0 Å². The Hall–Kier alpha value is -0.580. The summed E-state index contributed by atoms with van der Waals surface area (Å²) < 4.78 is 91.6. The van der Waals surface area contributed by atoms with Gasteiger partial charge in [0.2, 0.25) is 0 Å². The molecule has 0 unspecified atom stereocenters. The van der Waals surface area contributed by atoms with E-state index in [-0.39, 0.29) is 0 Å². The van der Waals surface area contributed by atoms with Crippen LogP contribution in [0.2, 0.25) is 0 Å². The van der Waals surface area contributed by atoms with Crippen LogP contribution in [0.1, 0.15) is 5.56 Å². The van der Waals surface area contributed by atoms with Crippen LogP contribution in [0.3, 0.4) is 0 Å². The first kappa shape index (κ1) is 11.9. The zero-order chi connectivity index (χ0) is 12.2. The van der Waals surface area contributed by atoms with Gasteiger partial charge in [-0.25, -0.2) is 0 Å². The van der Waals surface area contributed by atoms with Crippen molar-refractivity contribution >= 4 is 20.8 Å². The first-order chi connectivity index (χ1) is 7.27. The van der Waals surface area contributed by atoms with Gasteiger partial charge in [0.15, 0.2) is 0 Å². The third kappa shape index (κ3) is 1.40. The van der Waals surface area contributed by atoms with Gasteiger partial charge >= 0.3 is 91.6 Å². The molecular weight excluding hydrogens is 360 g/mol. The van der Waals surface area contributed by atoms with E-state index in [0.717, 1.165) is 0 Å². The summed E-state index contributed by atoms with van der Waals surface area (Å²) >= 11 is -4.64. The fraction of sp³-hybridized carbons (Fsp3) is 0.143. The van der Waals surface area contributed by atoms with Gasteiger partial charge in [-0.1, -0.05) is 0 Å². The molecule has 0 amide bonds. The van der Waals surface area contributed by atoms with E-state index in [1.54, 1.807) is 0 Å². The van der Waals surface area contributed by atoms with Gasteiger partial charge in [-0.05, 0) is 0 Å². The normalized spacial score (nSPS) is 20.1. The maximum absolute atomic E-state index is 12.9. The predicted octanol–water partition coefficient (Wildman–Crippen LogP) is 3.80. The molecule has 0 atom stereocenters. The Balaban J connectivity index is 2.86. The molecule has 0 aromatic heterocycles. The summed E-state index contributed by atoms with van der Waals surface area (Å²) in [6, 6.07) is 0. The molecule has 0 bridgehead atoms. The standard InChI is InChI=1S/C7F7IO/c8-2-1-6(5(11)4(10)3(2)9)15(14)16-7(1,12)13. The van der Waals surface area contributed by atoms with Gasteiger partial charge in [-0.15, -0.1) is 0 Å². The van der Waals surface area contributed by atoms with Crippen LogP contribution in [-0.4, -0.2) is 0 Å². The summed E-state index contributed by atoms with van der Waals surface area (Å²) in [5.41, 5.74) is -1.88. The molecular formula is C7F7IO. The molecule has 1 aliphatic heterocycles. The number of alkyl halides is 2. The van der Waals surface area contributed by atoms with Crippen molar-refractivity contribution < 1.29 is 32.3 Å². The van der Waals surface area contributed by atoms with Gasteiger partial charge in [0, 0.05) is 0 Å². The van der Waals surface area contributed by atoms with Crippen LogP contribution >= 0.6 is 20.8 Å². The van der Waals surface area contributed by atoms with E-state index < -0.39 is 59.3 Å². The molecule has 1 aliphatic rings. The zero-order valence-electron chi connectivity index (χ0n) is 6.93. The number of hydrogen-bond donors (Lipinski definition) is 0. The molecule has 0 radical (unpaired) electrons. The van der Waals surface area contributed by atoms with Crippen LogP contribution in [0, 0.1) is 26.8 Å². The van der Waals surface area contributed by atoms with Crippen LogP contribution < -0.4 is 0 Å². The summed E-state index contributed by atoms with van der Waals surface area (Å²) in [6.07, 6.45) is -4.46. The van der Waals surface area contributed by atoms with Crippen LogP contribution in [-0.2, 0) is 9.17 Å². The molecule has 1 nitrogen and oxygen atoms in total. The van der Waals surface area contributed by atoms with E-state index in [1.807, 2.05) is 0 Å². The SMILES string of the molecule is Fc1c(F)c(F)c2c(c1F)I(F)OC2(F)F. The van der Waals surface area contributed by atoms with E-state index in [1.165, 1.54) is 0 Å². The minimum atomic E-state index is -4.64. The number of hydrogen-bond acceptors (Lipinski definition) is 1. The summed E-state index contributed by atoms with van der Waals surface area (Å²) in [7, 11) is 0. The number of halogens is 8. The number of rotatable bonds is 0. The Morgan fingerprint density at radius 3 is 1.94 bits per heavy atom. The van der Waals surface area contributed by atoms with Gasteiger partial charge < -0.3 is 0 Å². The van der Waals surface area contributed by atoms with Gasteiger partial charge in [0.1, 0.15) is 0 Å². The quantitative estimate of drug-likeness (QED) is 0.296. The monoisotopic (exact) mass is 360 g/mol. The number of benzene rings is 1. The third-order valence-corrected chi connectivity index (χ3v) is 4.61. The summed E-state index contributed by atoms with van der Waals surface area (Å²) in [6.45, 7) is 0. The first-order valence-corrected chi connectivity index (χ1v) is 6.35. The Labute approximate surface area is 91.9 Å². The average Bonchev–Trinajstić information content (AvgIpc) is 2.42. The van der Waals surface area contributed by atoms with Crippen molar-refractivity contribution in [3.63, 3.8) is 0 Å². The van der Waals surface area contributed by atoms with Gasteiger partial charge in [-0.2, -0.15) is 0 Å². The molecule has 0 aliphatic carbocycles. The fourth-order valence-electron chi connectivity index (χ4n) is 1.16. The molecule has 0 fully saturated rings. The molecule has 1 aromatic rings. The third-order valence-electron chi connectivity index (χ3n) is 1.81. The first-order valence-electron chi connectivity index (χ1n) is 3.57. The van der Waals surface area contributed by atoms with Crippen LogP contribution in [0.4, 0.5) is 29.2 Å². The molecule has 90 valence electrons. The molecule has 0 saturated heterocycles. The predicted molar refractivity (Wildman–Crippen MR) is 45.1 cm³/mol. The second-order valence-electron chi connectivity index (χ2n) is 2.75. The van der Waals surface area contributed by atoms with E-state index in [0.29, 0.717) is 0 Å². The van der Waals surface area contributed by atoms with E-state index in [4.69, 9.17) is 0 Å². The van der Waals surface area contributed by atoms with Gasteiger partial charge in [-0.3, -0.25) is 0 Å². The average molecular weight is 360 g/mol. The maximum atomic E-state index is 12.9. The summed E-state index contributed by atoms with van der Waals surface area (Å²) in [5, 5.41) is 0. The van der Waals surface area contributed by atoms with Crippen molar-refractivity contribution in [2.24, 2.45) is 0 Å². The van der Waals surface area contributed by atoms with E-state index in [9.17, 15) is 29.2 Å². The summed E-state index contributed by atoms with van der Waals surface area (Å²) in [5.74, 6) is -9.21. The van der Waals surface area contributed by atoms with Crippen LogP contribution in [0.5, 0.6) is 0 Å². The van der Waals surface area contributed by atoms with E-state index in [2.05, 4.69) is 3.07 Å². The Bertz CT molecular complexity index is 475. The second kappa shape index (κ2) is 3.45. The Morgan fingerprint density at radius 1 is 0.875 bits per heavy atom. The van der Waals surface area contributed by atoms with Crippen molar-refractivity contribution in [3.05, 3.63) is 32.4 Å².